The lowest BCUT2D eigenvalue weighted by Crippen LogP contribution is -2.35. The minimum Gasteiger partial charge on any atom is -0.479 e. The van der Waals surface area contributed by atoms with Crippen molar-refractivity contribution in [2.45, 2.75) is 32.4 Å². The van der Waals surface area contributed by atoms with Crippen LogP contribution in [0.15, 0.2) is 54.6 Å². The van der Waals surface area contributed by atoms with Gasteiger partial charge < -0.3 is 14.8 Å². The molecule has 2 aromatic rings. The summed E-state index contributed by atoms with van der Waals surface area (Å²) >= 11 is 5.95. The van der Waals surface area contributed by atoms with Gasteiger partial charge in [0.25, 0.3) is 5.91 Å². The number of hydrogen-bond acceptors (Lipinski definition) is 4. The molecule has 0 fully saturated rings. The Bertz CT molecular complexity index is 736. The first-order valence-electron chi connectivity index (χ1n) is 8.42. The molecule has 0 saturated carbocycles. The molecule has 2 aromatic carbocycles. The number of carbonyl (C=O) groups is 2. The second-order valence-electron chi connectivity index (χ2n) is 5.78. The van der Waals surface area contributed by atoms with Crippen LogP contribution in [0.3, 0.4) is 0 Å². The molecule has 2 rings (SSSR count). The zero-order valence-electron chi connectivity index (χ0n) is 14.8. The normalized spacial score (nSPS) is 12.7. The molecule has 2 atom stereocenters. The molecule has 0 aliphatic rings. The summed E-state index contributed by atoms with van der Waals surface area (Å²) in [7, 11) is 0. The SMILES string of the molecule is CC[C@@H](Oc1ccccc1)C(=O)OCC(=O)N[C@H](C)c1cccc(Cl)c1. The number of amides is 1. The molecule has 0 saturated heterocycles. The van der Waals surface area contributed by atoms with Gasteiger partial charge in [-0.15, -0.1) is 0 Å². The van der Waals surface area contributed by atoms with Crippen molar-refractivity contribution < 1.29 is 19.1 Å². The molecule has 0 aliphatic heterocycles. The van der Waals surface area contributed by atoms with E-state index in [4.69, 9.17) is 21.1 Å². The molecule has 0 aromatic heterocycles. The molecule has 26 heavy (non-hydrogen) atoms. The van der Waals surface area contributed by atoms with Gasteiger partial charge >= 0.3 is 5.97 Å². The van der Waals surface area contributed by atoms with Crippen LogP contribution in [0.1, 0.15) is 31.9 Å². The Balaban J connectivity index is 1.82. The molecule has 0 unspecified atom stereocenters. The molecule has 0 bridgehead atoms. The van der Waals surface area contributed by atoms with Gasteiger partial charge in [-0.3, -0.25) is 4.79 Å². The molecular weight excluding hydrogens is 354 g/mol. The highest BCUT2D eigenvalue weighted by Crippen LogP contribution is 2.17. The number of esters is 1. The fourth-order valence-electron chi connectivity index (χ4n) is 2.33. The van der Waals surface area contributed by atoms with E-state index in [1.807, 2.05) is 44.2 Å². The van der Waals surface area contributed by atoms with Crippen LogP contribution in [-0.4, -0.2) is 24.6 Å². The average Bonchev–Trinajstić information content (AvgIpc) is 2.65. The van der Waals surface area contributed by atoms with Crippen molar-refractivity contribution in [3.8, 4) is 5.75 Å². The minimum absolute atomic E-state index is 0.248. The molecule has 1 N–H and O–H groups in total. The Morgan fingerprint density at radius 2 is 1.85 bits per heavy atom. The quantitative estimate of drug-likeness (QED) is 0.710. The van der Waals surface area contributed by atoms with Crippen molar-refractivity contribution in [3.05, 3.63) is 65.2 Å². The zero-order valence-corrected chi connectivity index (χ0v) is 15.5. The Labute approximate surface area is 158 Å². The summed E-state index contributed by atoms with van der Waals surface area (Å²) in [5.41, 5.74) is 0.871. The van der Waals surface area contributed by atoms with Crippen LogP contribution < -0.4 is 10.1 Å². The summed E-state index contributed by atoms with van der Waals surface area (Å²) in [5.74, 6) is -0.377. The lowest BCUT2D eigenvalue weighted by atomic mass is 10.1. The molecule has 6 heteroatoms. The van der Waals surface area contributed by atoms with E-state index in [2.05, 4.69) is 5.32 Å². The second kappa shape index (κ2) is 9.82. The third-order valence-electron chi connectivity index (χ3n) is 3.73. The van der Waals surface area contributed by atoms with Crippen molar-refractivity contribution in [2.75, 3.05) is 6.61 Å². The predicted octanol–water partition coefficient (Wildman–Crippen LogP) is 3.92. The van der Waals surface area contributed by atoms with Gasteiger partial charge in [0.15, 0.2) is 12.7 Å². The fraction of sp³-hybridized carbons (Fsp3) is 0.300. The lowest BCUT2D eigenvalue weighted by Gasteiger charge is -2.17. The lowest BCUT2D eigenvalue weighted by molar-refractivity contribution is -0.155. The van der Waals surface area contributed by atoms with Crippen molar-refractivity contribution in [2.24, 2.45) is 0 Å². The maximum atomic E-state index is 12.1. The number of ether oxygens (including phenoxy) is 2. The van der Waals surface area contributed by atoms with Crippen LogP contribution in [0.2, 0.25) is 5.02 Å². The van der Waals surface area contributed by atoms with Crippen LogP contribution in [0, 0.1) is 0 Å². The Kier molecular flexibility index (Phi) is 7.48. The summed E-state index contributed by atoms with van der Waals surface area (Å²) in [4.78, 5) is 24.2. The summed E-state index contributed by atoms with van der Waals surface area (Å²) in [6.07, 6.45) is -0.315. The number of nitrogens with one attached hydrogen (secondary N) is 1. The topological polar surface area (TPSA) is 64.6 Å². The smallest absolute Gasteiger partial charge is 0.347 e. The maximum Gasteiger partial charge on any atom is 0.347 e. The van der Waals surface area contributed by atoms with Crippen LogP contribution in [0.4, 0.5) is 0 Å². The standard InChI is InChI=1S/C20H22ClNO4/c1-3-18(26-17-10-5-4-6-11-17)20(24)25-13-19(23)22-14(2)15-8-7-9-16(21)12-15/h4-12,14,18H,3,13H2,1-2H3,(H,22,23)/t14-,18-/m1/s1. The van der Waals surface area contributed by atoms with E-state index in [1.54, 1.807) is 24.3 Å². The monoisotopic (exact) mass is 375 g/mol. The van der Waals surface area contributed by atoms with E-state index in [0.29, 0.717) is 17.2 Å². The number of halogens is 1. The fourth-order valence-corrected chi connectivity index (χ4v) is 2.53. The first-order chi connectivity index (χ1) is 12.5. The van der Waals surface area contributed by atoms with E-state index in [1.165, 1.54) is 0 Å². The van der Waals surface area contributed by atoms with E-state index in [-0.39, 0.29) is 18.6 Å². The molecular formula is C20H22ClNO4. The summed E-state index contributed by atoms with van der Waals surface area (Å²) < 4.78 is 10.7. The minimum atomic E-state index is -0.754. The number of rotatable bonds is 8. The van der Waals surface area contributed by atoms with Gasteiger partial charge in [-0.2, -0.15) is 0 Å². The number of para-hydroxylation sites is 1. The van der Waals surface area contributed by atoms with Crippen LogP contribution in [0.5, 0.6) is 5.75 Å². The van der Waals surface area contributed by atoms with Crippen molar-refractivity contribution >= 4 is 23.5 Å². The van der Waals surface area contributed by atoms with Gasteiger partial charge in [0.1, 0.15) is 5.75 Å². The molecule has 1 amide bonds. The van der Waals surface area contributed by atoms with E-state index in [0.717, 1.165) is 5.56 Å². The van der Waals surface area contributed by atoms with Crippen molar-refractivity contribution in [3.63, 3.8) is 0 Å². The van der Waals surface area contributed by atoms with Gasteiger partial charge in [-0.05, 0) is 43.2 Å². The Morgan fingerprint density at radius 3 is 2.50 bits per heavy atom. The predicted molar refractivity (Wildman–Crippen MR) is 100 cm³/mol. The largest absolute Gasteiger partial charge is 0.479 e. The number of benzene rings is 2. The number of carbonyl (C=O) groups excluding carboxylic acids is 2. The summed E-state index contributed by atoms with van der Waals surface area (Å²) in [6.45, 7) is 3.29. The van der Waals surface area contributed by atoms with Gasteiger partial charge in [0.05, 0.1) is 6.04 Å². The third-order valence-corrected chi connectivity index (χ3v) is 3.96. The first-order valence-corrected chi connectivity index (χ1v) is 8.80. The molecule has 5 nitrogen and oxygen atoms in total. The Hall–Kier alpha value is -2.53. The highest BCUT2D eigenvalue weighted by Gasteiger charge is 2.21. The second-order valence-corrected chi connectivity index (χ2v) is 6.22. The third kappa shape index (κ3) is 6.08. The Morgan fingerprint density at radius 1 is 1.12 bits per heavy atom. The maximum absolute atomic E-state index is 12.1. The van der Waals surface area contributed by atoms with Gasteiger partial charge in [-0.1, -0.05) is 48.9 Å². The van der Waals surface area contributed by atoms with Gasteiger partial charge in [0.2, 0.25) is 0 Å². The zero-order chi connectivity index (χ0) is 18.9. The van der Waals surface area contributed by atoms with Crippen LogP contribution in [0.25, 0.3) is 0 Å². The summed E-state index contributed by atoms with van der Waals surface area (Å²) in [6, 6.07) is 16.0. The molecule has 0 spiro atoms. The highest BCUT2D eigenvalue weighted by molar-refractivity contribution is 6.30. The molecule has 0 aliphatic carbocycles. The van der Waals surface area contributed by atoms with E-state index < -0.39 is 12.1 Å². The van der Waals surface area contributed by atoms with Gasteiger partial charge in [0, 0.05) is 5.02 Å². The molecule has 0 heterocycles. The van der Waals surface area contributed by atoms with Crippen LogP contribution in [-0.2, 0) is 14.3 Å². The van der Waals surface area contributed by atoms with Crippen molar-refractivity contribution in [1.29, 1.82) is 0 Å². The molecule has 0 radical (unpaired) electrons. The highest BCUT2D eigenvalue weighted by atomic mass is 35.5. The number of hydrogen-bond donors (Lipinski definition) is 1. The van der Waals surface area contributed by atoms with Crippen LogP contribution >= 0.6 is 11.6 Å². The van der Waals surface area contributed by atoms with Crippen molar-refractivity contribution in [1.82, 2.24) is 5.32 Å². The first kappa shape index (κ1) is 19.8. The summed E-state index contributed by atoms with van der Waals surface area (Å²) in [5, 5.41) is 3.37. The van der Waals surface area contributed by atoms with E-state index in [9.17, 15) is 9.59 Å². The molecule has 138 valence electrons. The van der Waals surface area contributed by atoms with E-state index >= 15 is 0 Å². The van der Waals surface area contributed by atoms with Gasteiger partial charge in [-0.25, -0.2) is 4.79 Å². The average molecular weight is 376 g/mol.